The number of alkyl halides is 3. The molecule has 3 aliphatic rings. The zero-order valence-corrected chi connectivity index (χ0v) is 34.5. The Labute approximate surface area is 351 Å². The molecule has 8 rings (SSSR count). The molecule has 5 heterocycles. The summed E-state index contributed by atoms with van der Waals surface area (Å²) in [4.78, 5) is 37.6. The first kappa shape index (κ1) is 45.9. The van der Waals surface area contributed by atoms with Gasteiger partial charge in [0.2, 0.25) is 11.8 Å². The Morgan fingerprint density at radius 2 is 1.58 bits per heavy atom. The van der Waals surface area contributed by atoms with Gasteiger partial charge in [-0.15, -0.1) is 0 Å². The van der Waals surface area contributed by atoms with Crippen LogP contribution in [0.5, 0.6) is 0 Å². The van der Waals surface area contributed by atoms with E-state index in [1.807, 2.05) is 66.0 Å². The number of aryl methyl sites for hydroxylation is 3. The summed E-state index contributed by atoms with van der Waals surface area (Å²) < 4.78 is 43.9. The number of amides is 2. The van der Waals surface area contributed by atoms with Gasteiger partial charge in [0.15, 0.2) is 0 Å². The number of halogens is 3. The number of ether oxygens (including phenoxy) is 1. The fraction of sp³-hybridized carbons (Fsp3) is 0.438. The Morgan fingerprint density at radius 1 is 0.833 bits per heavy atom. The molecule has 0 spiro atoms. The summed E-state index contributed by atoms with van der Waals surface area (Å²) in [5.41, 5.74) is 6.53. The van der Waals surface area contributed by atoms with Gasteiger partial charge in [0.1, 0.15) is 6.10 Å². The number of benzene rings is 2. The molecule has 60 heavy (non-hydrogen) atoms. The fourth-order valence-electron chi connectivity index (χ4n) is 7.05. The molecule has 0 radical (unpaired) electrons. The number of nitrogens with zero attached hydrogens (tertiary/aromatic N) is 4. The molecule has 1 aliphatic carbocycles. The van der Waals surface area contributed by atoms with Crippen molar-refractivity contribution in [3.05, 3.63) is 138 Å². The second-order valence-corrected chi connectivity index (χ2v) is 15.3. The summed E-state index contributed by atoms with van der Waals surface area (Å²) >= 11 is 0. The van der Waals surface area contributed by atoms with Crippen molar-refractivity contribution >= 4 is 22.7 Å². The van der Waals surface area contributed by atoms with Crippen molar-refractivity contribution < 1.29 is 32.6 Å². The average molecular weight is 826 g/mol. The summed E-state index contributed by atoms with van der Waals surface area (Å²) in [5.74, 6) is 0.939. The minimum Gasteiger partial charge on any atom is -0.396 e. The molecular formula is C48H58F3N5O4. The number of aromatic nitrogens is 3. The molecule has 12 heteroatoms. The van der Waals surface area contributed by atoms with Gasteiger partial charge < -0.3 is 20.1 Å². The van der Waals surface area contributed by atoms with Gasteiger partial charge in [-0.25, -0.2) is 0 Å². The topological polar surface area (TPSA) is 118 Å². The van der Waals surface area contributed by atoms with E-state index in [2.05, 4.69) is 57.5 Å². The highest BCUT2D eigenvalue weighted by Crippen LogP contribution is 2.39. The molecule has 3 aromatic heterocycles. The number of fused-ring (bicyclic) bond motifs is 1. The predicted molar refractivity (Wildman–Crippen MR) is 228 cm³/mol. The van der Waals surface area contributed by atoms with Gasteiger partial charge >= 0.3 is 6.18 Å². The first-order valence-electron chi connectivity index (χ1n) is 21.2. The van der Waals surface area contributed by atoms with Gasteiger partial charge in [-0.3, -0.25) is 24.5 Å². The number of aliphatic hydroxyl groups is 1. The van der Waals surface area contributed by atoms with Crippen LogP contribution < -0.4 is 5.32 Å². The first-order valence-corrected chi connectivity index (χ1v) is 21.2. The lowest BCUT2D eigenvalue weighted by Crippen LogP contribution is -2.41. The zero-order chi connectivity index (χ0) is 42.6. The molecule has 9 nitrogen and oxygen atoms in total. The number of carbonyl (C=O) groups is 2. The monoisotopic (exact) mass is 825 g/mol. The van der Waals surface area contributed by atoms with Crippen LogP contribution in [0.2, 0.25) is 0 Å². The minimum absolute atomic E-state index is 0.0450. The van der Waals surface area contributed by atoms with E-state index in [4.69, 9.17) is 9.84 Å². The third-order valence-electron chi connectivity index (χ3n) is 10.6. The molecule has 0 unspecified atom stereocenters. The van der Waals surface area contributed by atoms with Crippen LogP contribution in [0, 0.1) is 5.92 Å². The van der Waals surface area contributed by atoms with Gasteiger partial charge in [-0.1, -0.05) is 67.6 Å². The van der Waals surface area contributed by atoms with Crippen molar-refractivity contribution in [2.45, 2.75) is 102 Å². The van der Waals surface area contributed by atoms with E-state index >= 15 is 0 Å². The number of rotatable bonds is 13. The van der Waals surface area contributed by atoms with Crippen LogP contribution in [0.1, 0.15) is 105 Å². The average Bonchev–Trinajstić information content (AvgIpc) is 4.01. The Morgan fingerprint density at radius 3 is 2.17 bits per heavy atom. The van der Waals surface area contributed by atoms with Crippen LogP contribution in [0.15, 0.2) is 110 Å². The van der Waals surface area contributed by atoms with Gasteiger partial charge in [0.05, 0.1) is 11.6 Å². The van der Waals surface area contributed by atoms with E-state index in [9.17, 15) is 22.8 Å². The van der Waals surface area contributed by atoms with E-state index in [0.29, 0.717) is 25.5 Å². The van der Waals surface area contributed by atoms with E-state index in [0.717, 1.165) is 68.1 Å². The van der Waals surface area contributed by atoms with Crippen LogP contribution in [0.3, 0.4) is 0 Å². The van der Waals surface area contributed by atoms with E-state index in [-0.39, 0.29) is 24.8 Å². The van der Waals surface area contributed by atoms with Crippen molar-refractivity contribution in [2.24, 2.45) is 5.92 Å². The highest BCUT2D eigenvalue weighted by molar-refractivity contribution is 5.81. The Kier molecular flexibility index (Phi) is 18.5. The molecule has 2 saturated heterocycles. The fourth-order valence-corrected chi connectivity index (χ4v) is 7.05. The highest BCUT2D eigenvalue weighted by Gasteiger charge is 2.36. The van der Waals surface area contributed by atoms with Crippen LogP contribution in [-0.4, -0.2) is 69.3 Å². The number of carbonyl (C=O) groups excluding carboxylic acids is 2. The van der Waals surface area contributed by atoms with Crippen LogP contribution >= 0.6 is 0 Å². The van der Waals surface area contributed by atoms with Gasteiger partial charge in [0, 0.05) is 87.5 Å². The molecule has 2 aliphatic heterocycles. The van der Waals surface area contributed by atoms with Crippen molar-refractivity contribution in [1.29, 1.82) is 0 Å². The van der Waals surface area contributed by atoms with E-state index in [1.54, 1.807) is 18.5 Å². The normalized spacial score (nSPS) is 16.0. The van der Waals surface area contributed by atoms with Gasteiger partial charge in [0.25, 0.3) is 0 Å². The van der Waals surface area contributed by atoms with Crippen molar-refractivity contribution in [2.75, 3.05) is 26.3 Å². The second-order valence-electron chi connectivity index (χ2n) is 15.3. The molecule has 0 bridgehead atoms. The lowest BCUT2D eigenvalue weighted by atomic mass is 9.92. The van der Waals surface area contributed by atoms with Gasteiger partial charge in [-0.05, 0) is 104 Å². The third-order valence-corrected chi connectivity index (χ3v) is 10.6. The molecule has 3 fully saturated rings. The quantitative estimate of drug-likeness (QED) is 0.114. The number of pyridine rings is 3. The van der Waals surface area contributed by atoms with Crippen molar-refractivity contribution in [1.82, 2.24) is 25.2 Å². The molecule has 5 aromatic rings. The molecule has 2 N–H and O–H groups in total. The molecule has 1 saturated carbocycles. The molecule has 2 aromatic carbocycles. The summed E-state index contributed by atoms with van der Waals surface area (Å²) in [6.07, 6.45) is 12.4. The van der Waals surface area contributed by atoms with Gasteiger partial charge in [-0.2, -0.15) is 13.2 Å². The van der Waals surface area contributed by atoms with E-state index in [1.165, 1.54) is 34.9 Å². The lowest BCUT2D eigenvalue weighted by molar-refractivity contribution is -0.144. The summed E-state index contributed by atoms with van der Waals surface area (Å²) in [6, 6.07) is 25.8. The standard InChI is InChI=1S/C24H29F3N2O2.C16H14N2.C4H7NO.C4H8O/c1-2-18-9-11-19(12-10-18)22(29-15-4-3-8-21(29)30)23(20-7-5-14-28-17-20)31-16-6-13-24(25,26)27;1-5-14-7-3-11-18-16(14)15(6-1)9-8-13-4-2-10-17-12-13;6-4-2-1-3-5-4;5-3-4-1-2-4/h5,7,9-12,14,17,22-23H,2-4,6,8,13,15-16H2,1H3;1-7,10-12H,8-9H2;1-3H2,(H,5,6);4-5H,1-3H2/t22-,23+;;;/m1.../s1. The number of piperidine rings is 1. The molecule has 2 atom stereocenters. The summed E-state index contributed by atoms with van der Waals surface area (Å²) in [6.45, 7) is 3.92. The van der Waals surface area contributed by atoms with E-state index < -0.39 is 24.7 Å². The second kappa shape index (κ2) is 24.2. The first-order chi connectivity index (χ1) is 29.1. The minimum atomic E-state index is -4.22. The number of para-hydroxylation sites is 1. The smallest absolute Gasteiger partial charge is 0.389 e. The molecule has 320 valence electrons. The number of hydrogen-bond donors (Lipinski definition) is 2. The van der Waals surface area contributed by atoms with Crippen molar-refractivity contribution in [3.63, 3.8) is 0 Å². The number of hydrogen-bond acceptors (Lipinski definition) is 7. The third kappa shape index (κ3) is 15.4. The maximum atomic E-state index is 12.8. The Bertz CT molecular complexity index is 2000. The Balaban J connectivity index is 0.000000194. The van der Waals surface area contributed by atoms with Crippen LogP contribution in [-0.2, 0) is 33.6 Å². The van der Waals surface area contributed by atoms with Crippen LogP contribution in [0.25, 0.3) is 10.9 Å². The Hall–Kier alpha value is -5.20. The lowest BCUT2D eigenvalue weighted by Gasteiger charge is -2.39. The van der Waals surface area contributed by atoms with Crippen molar-refractivity contribution in [3.8, 4) is 0 Å². The number of likely N-dealkylation sites (tertiary alicyclic amines) is 1. The predicted octanol–water partition coefficient (Wildman–Crippen LogP) is 9.50. The number of nitrogens with one attached hydrogen (secondary N) is 1. The zero-order valence-electron chi connectivity index (χ0n) is 34.5. The maximum absolute atomic E-state index is 12.8. The summed E-state index contributed by atoms with van der Waals surface area (Å²) in [5, 5.41) is 12.1. The number of aliphatic hydroxyl groups excluding tert-OH is 1. The maximum Gasteiger partial charge on any atom is 0.389 e. The molecular weight excluding hydrogens is 768 g/mol. The summed E-state index contributed by atoms with van der Waals surface area (Å²) in [7, 11) is 0. The highest BCUT2D eigenvalue weighted by atomic mass is 19.4. The molecule has 2 amide bonds. The SMILES string of the molecule is CCc1ccc([C@H]([C@@H](OCCCC(F)(F)F)c2cccnc2)N2CCCCC2=O)cc1.O=C1CCCN1.OCC1CC1.c1cncc(CCc2cccc3cccnc23)c1. The largest absolute Gasteiger partial charge is 0.396 e. The van der Waals surface area contributed by atoms with Crippen LogP contribution in [0.4, 0.5) is 13.2 Å².